The van der Waals surface area contributed by atoms with Crippen molar-refractivity contribution < 1.29 is 4.79 Å². The minimum atomic E-state index is -0.0821. The third-order valence-electron chi connectivity index (χ3n) is 4.70. The molecule has 0 bridgehead atoms. The number of benzene rings is 1. The molecule has 30 heavy (non-hydrogen) atoms. The summed E-state index contributed by atoms with van der Waals surface area (Å²) in [5, 5.41) is 4.00. The fraction of sp³-hybridized carbons (Fsp3) is 0.167. The average molecular weight is 397 g/mol. The van der Waals surface area contributed by atoms with Gasteiger partial charge in [0.2, 0.25) is 5.91 Å². The van der Waals surface area contributed by atoms with Crippen LogP contribution < -0.4 is 5.32 Å². The standard InChI is InChI=1S/C24H23N5O/c1-18-8-9-19-14-20(10-11-23(19)27-18)28-24(30)17-29(15-21-6-2-4-12-25-21)16-22-7-3-5-13-26-22/h2-14H,15-17H2,1H3,(H,28,30). The molecule has 6 heteroatoms. The summed E-state index contributed by atoms with van der Waals surface area (Å²) in [4.78, 5) is 28.1. The zero-order valence-electron chi connectivity index (χ0n) is 16.8. The van der Waals surface area contributed by atoms with Crippen LogP contribution >= 0.6 is 0 Å². The van der Waals surface area contributed by atoms with Gasteiger partial charge in [-0.1, -0.05) is 18.2 Å². The Labute approximate surface area is 175 Å². The highest BCUT2D eigenvalue weighted by Crippen LogP contribution is 2.18. The lowest BCUT2D eigenvalue weighted by Crippen LogP contribution is -2.33. The maximum Gasteiger partial charge on any atom is 0.238 e. The lowest BCUT2D eigenvalue weighted by Gasteiger charge is -2.21. The number of nitrogens with one attached hydrogen (secondary N) is 1. The summed E-state index contributed by atoms with van der Waals surface area (Å²) < 4.78 is 0. The van der Waals surface area contributed by atoms with Gasteiger partial charge >= 0.3 is 0 Å². The van der Waals surface area contributed by atoms with E-state index in [-0.39, 0.29) is 12.5 Å². The van der Waals surface area contributed by atoms with E-state index in [2.05, 4.69) is 20.3 Å². The Balaban J connectivity index is 1.47. The van der Waals surface area contributed by atoms with E-state index in [0.717, 1.165) is 33.7 Å². The first-order valence-corrected chi connectivity index (χ1v) is 9.85. The smallest absolute Gasteiger partial charge is 0.238 e. The van der Waals surface area contributed by atoms with Crippen molar-refractivity contribution in [2.45, 2.75) is 20.0 Å². The van der Waals surface area contributed by atoms with Gasteiger partial charge in [0.1, 0.15) is 0 Å². The number of amides is 1. The molecule has 0 saturated carbocycles. The second-order valence-electron chi connectivity index (χ2n) is 7.20. The van der Waals surface area contributed by atoms with E-state index >= 15 is 0 Å². The zero-order chi connectivity index (χ0) is 20.8. The Morgan fingerprint density at radius 1 is 0.900 bits per heavy atom. The van der Waals surface area contributed by atoms with Gasteiger partial charge < -0.3 is 5.32 Å². The summed E-state index contributed by atoms with van der Waals surface area (Å²) in [6.07, 6.45) is 3.53. The molecule has 6 nitrogen and oxygen atoms in total. The number of anilines is 1. The summed E-state index contributed by atoms with van der Waals surface area (Å²) in [6.45, 7) is 3.32. The Kier molecular flexibility index (Phi) is 6.06. The lowest BCUT2D eigenvalue weighted by molar-refractivity contribution is -0.117. The molecule has 3 heterocycles. The number of carbonyl (C=O) groups excluding carboxylic acids is 1. The molecule has 1 N–H and O–H groups in total. The Bertz CT molecular complexity index is 1090. The quantitative estimate of drug-likeness (QED) is 0.511. The number of carbonyl (C=O) groups is 1. The fourth-order valence-electron chi connectivity index (χ4n) is 3.32. The molecule has 0 fully saturated rings. The molecule has 0 atom stereocenters. The molecule has 0 aliphatic rings. The van der Waals surface area contributed by atoms with Crippen molar-refractivity contribution in [3.8, 4) is 0 Å². The first-order chi connectivity index (χ1) is 14.7. The second-order valence-corrected chi connectivity index (χ2v) is 7.20. The summed E-state index contributed by atoms with van der Waals surface area (Å²) in [6, 6.07) is 21.3. The van der Waals surface area contributed by atoms with Crippen molar-refractivity contribution in [1.82, 2.24) is 19.9 Å². The van der Waals surface area contributed by atoms with Gasteiger partial charge in [0.25, 0.3) is 0 Å². The zero-order valence-corrected chi connectivity index (χ0v) is 16.8. The first kappa shape index (κ1) is 19.7. The van der Waals surface area contributed by atoms with Crippen LogP contribution in [0.1, 0.15) is 17.1 Å². The van der Waals surface area contributed by atoms with E-state index in [9.17, 15) is 4.79 Å². The van der Waals surface area contributed by atoms with Crippen molar-refractivity contribution in [2.24, 2.45) is 0 Å². The van der Waals surface area contributed by atoms with Gasteiger partial charge in [0.15, 0.2) is 0 Å². The van der Waals surface area contributed by atoms with Gasteiger partial charge in [0, 0.05) is 42.3 Å². The minimum Gasteiger partial charge on any atom is -0.325 e. The summed E-state index contributed by atoms with van der Waals surface area (Å²) in [5.74, 6) is -0.0821. The molecular weight excluding hydrogens is 374 g/mol. The Morgan fingerprint density at radius 3 is 2.23 bits per heavy atom. The van der Waals surface area contributed by atoms with Crippen LogP contribution in [0.5, 0.6) is 0 Å². The average Bonchev–Trinajstić information content (AvgIpc) is 2.75. The van der Waals surface area contributed by atoms with Crippen molar-refractivity contribution in [1.29, 1.82) is 0 Å². The van der Waals surface area contributed by atoms with Crippen LogP contribution in [0.3, 0.4) is 0 Å². The number of nitrogens with zero attached hydrogens (tertiary/aromatic N) is 4. The molecule has 1 aromatic carbocycles. The SMILES string of the molecule is Cc1ccc2cc(NC(=O)CN(Cc3ccccn3)Cc3ccccn3)ccc2n1. The molecule has 3 aromatic heterocycles. The van der Waals surface area contributed by atoms with Crippen LogP contribution in [-0.4, -0.2) is 32.3 Å². The van der Waals surface area contributed by atoms with E-state index in [1.165, 1.54) is 0 Å². The highest BCUT2D eigenvalue weighted by molar-refractivity contribution is 5.94. The van der Waals surface area contributed by atoms with Crippen molar-refractivity contribution in [3.05, 3.63) is 96.2 Å². The molecule has 0 aliphatic heterocycles. The van der Waals surface area contributed by atoms with E-state index in [0.29, 0.717) is 13.1 Å². The van der Waals surface area contributed by atoms with E-state index in [4.69, 9.17) is 0 Å². The monoisotopic (exact) mass is 397 g/mol. The molecule has 4 aromatic rings. The van der Waals surface area contributed by atoms with Gasteiger partial charge in [-0.2, -0.15) is 0 Å². The van der Waals surface area contributed by atoms with Crippen molar-refractivity contribution in [3.63, 3.8) is 0 Å². The van der Waals surface area contributed by atoms with Gasteiger partial charge in [-0.05, 0) is 55.5 Å². The maximum absolute atomic E-state index is 12.8. The predicted molar refractivity (Wildman–Crippen MR) is 118 cm³/mol. The number of fused-ring (bicyclic) bond motifs is 1. The summed E-state index contributed by atoms with van der Waals surface area (Å²) >= 11 is 0. The van der Waals surface area contributed by atoms with Crippen LogP contribution in [0.15, 0.2) is 79.1 Å². The van der Waals surface area contributed by atoms with Gasteiger partial charge in [-0.25, -0.2) is 0 Å². The minimum absolute atomic E-state index is 0.0821. The number of hydrogen-bond donors (Lipinski definition) is 1. The molecule has 1 amide bonds. The molecule has 0 spiro atoms. The van der Waals surface area contributed by atoms with Crippen LogP contribution in [0, 0.1) is 6.92 Å². The molecule has 0 unspecified atom stereocenters. The number of pyridine rings is 3. The molecule has 0 radical (unpaired) electrons. The molecule has 0 aliphatic carbocycles. The number of hydrogen-bond acceptors (Lipinski definition) is 5. The summed E-state index contributed by atoms with van der Waals surface area (Å²) in [5.41, 5.74) is 4.47. The van der Waals surface area contributed by atoms with Crippen molar-refractivity contribution >= 4 is 22.5 Å². The normalized spacial score (nSPS) is 11.0. The Morgan fingerprint density at radius 2 is 1.60 bits per heavy atom. The highest BCUT2D eigenvalue weighted by Gasteiger charge is 2.14. The van der Waals surface area contributed by atoms with E-state index < -0.39 is 0 Å². The van der Waals surface area contributed by atoms with E-state index in [1.807, 2.05) is 78.6 Å². The maximum atomic E-state index is 12.8. The molecular formula is C24H23N5O. The third-order valence-corrected chi connectivity index (χ3v) is 4.70. The molecule has 0 saturated heterocycles. The second kappa shape index (κ2) is 9.24. The topological polar surface area (TPSA) is 71.0 Å². The predicted octanol–water partition coefficient (Wildman–Crippen LogP) is 3.97. The molecule has 150 valence electrons. The van der Waals surface area contributed by atoms with Gasteiger partial charge in [-0.3, -0.25) is 24.6 Å². The fourth-order valence-corrected chi connectivity index (χ4v) is 3.32. The summed E-state index contributed by atoms with van der Waals surface area (Å²) in [7, 11) is 0. The van der Waals surface area contributed by atoms with Crippen LogP contribution in [0.4, 0.5) is 5.69 Å². The van der Waals surface area contributed by atoms with Crippen molar-refractivity contribution in [2.75, 3.05) is 11.9 Å². The van der Waals surface area contributed by atoms with Crippen LogP contribution in [0.25, 0.3) is 10.9 Å². The largest absolute Gasteiger partial charge is 0.325 e. The van der Waals surface area contributed by atoms with Crippen LogP contribution in [-0.2, 0) is 17.9 Å². The molecule has 4 rings (SSSR count). The Hall–Kier alpha value is -3.64. The highest BCUT2D eigenvalue weighted by atomic mass is 16.2. The first-order valence-electron chi connectivity index (χ1n) is 9.85. The van der Waals surface area contributed by atoms with Crippen LogP contribution in [0.2, 0.25) is 0 Å². The van der Waals surface area contributed by atoms with Gasteiger partial charge in [-0.15, -0.1) is 0 Å². The number of aromatic nitrogens is 3. The number of rotatable bonds is 7. The number of aryl methyl sites for hydroxylation is 1. The lowest BCUT2D eigenvalue weighted by atomic mass is 10.2. The third kappa shape index (κ3) is 5.24. The van der Waals surface area contributed by atoms with E-state index in [1.54, 1.807) is 12.4 Å². The van der Waals surface area contributed by atoms with Gasteiger partial charge in [0.05, 0.1) is 23.4 Å².